The Morgan fingerprint density at radius 2 is 1.53 bits per heavy atom. The molecule has 30 heavy (non-hydrogen) atoms. The number of carboxylic acids is 2. The quantitative estimate of drug-likeness (QED) is 0.594. The van der Waals surface area contributed by atoms with Crippen LogP contribution >= 0.6 is 0 Å². The summed E-state index contributed by atoms with van der Waals surface area (Å²) in [5, 5.41) is 34.0. The first-order chi connectivity index (χ1) is 14.3. The third-order valence-corrected chi connectivity index (χ3v) is 5.73. The van der Waals surface area contributed by atoms with Crippen LogP contribution in [0.5, 0.6) is 0 Å². The number of fused-ring (bicyclic) bond motifs is 2. The summed E-state index contributed by atoms with van der Waals surface area (Å²) in [6, 6.07) is 10.3. The number of hydrogen-bond acceptors (Lipinski definition) is 5. The first-order valence-corrected chi connectivity index (χ1v) is 9.80. The van der Waals surface area contributed by atoms with E-state index in [2.05, 4.69) is 34.5 Å². The molecule has 0 atom stereocenters. The minimum atomic E-state index is -0.984. The van der Waals surface area contributed by atoms with Crippen molar-refractivity contribution in [1.29, 1.82) is 0 Å². The molecule has 8 heteroatoms. The maximum atomic E-state index is 11.6. The Balaban J connectivity index is 2.07. The van der Waals surface area contributed by atoms with Crippen molar-refractivity contribution in [1.82, 2.24) is 20.6 Å². The fourth-order valence-electron chi connectivity index (χ4n) is 4.62. The molecule has 3 aromatic rings. The number of aromatic nitrogens is 4. The highest BCUT2D eigenvalue weighted by Crippen LogP contribution is 2.47. The molecule has 0 fully saturated rings. The average Bonchev–Trinajstić information content (AvgIpc) is 3.21. The summed E-state index contributed by atoms with van der Waals surface area (Å²) < 4.78 is 0. The van der Waals surface area contributed by atoms with Gasteiger partial charge in [-0.25, -0.2) is 9.59 Å². The zero-order chi connectivity index (χ0) is 21.5. The molecular formula is C22H22N4O4. The highest BCUT2D eigenvalue weighted by molar-refractivity contribution is 5.89. The molecule has 0 bridgehead atoms. The molecule has 3 N–H and O–H groups in total. The van der Waals surface area contributed by atoms with Crippen LogP contribution < -0.4 is 0 Å². The fraction of sp³-hybridized carbons (Fsp3) is 0.318. The molecule has 0 saturated carbocycles. The molecule has 2 aromatic carbocycles. The minimum absolute atomic E-state index is 0.220. The molecule has 154 valence electrons. The highest BCUT2D eigenvalue weighted by atomic mass is 16.4. The summed E-state index contributed by atoms with van der Waals surface area (Å²) in [6.45, 7) is 4.20. The lowest BCUT2D eigenvalue weighted by molar-refractivity contribution is 0.0686. The number of carbonyl (C=O) groups is 2. The lowest BCUT2D eigenvalue weighted by atomic mass is 9.67. The predicted octanol–water partition coefficient (Wildman–Crippen LogP) is 3.08. The van der Waals surface area contributed by atoms with Gasteiger partial charge in [-0.15, -0.1) is 10.2 Å². The Bertz CT molecular complexity index is 1060. The topological polar surface area (TPSA) is 129 Å². The van der Waals surface area contributed by atoms with Gasteiger partial charge in [-0.3, -0.25) is 0 Å². The van der Waals surface area contributed by atoms with E-state index < -0.39 is 17.4 Å². The summed E-state index contributed by atoms with van der Waals surface area (Å²) in [4.78, 5) is 23.1. The van der Waals surface area contributed by atoms with Gasteiger partial charge in [0.2, 0.25) is 0 Å². The van der Waals surface area contributed by atoms with Gasteiger partial charge in [0, 0.05) is 0 Å². The van der Waals surface area contributed by atoms with Crippen LogP contribution in [-0.4, -0.2) is 42.8 Å². The van der Waals surface area contributed by atoms with E-state index in [1.165, 1.54) is 0 Å². The zero-order valence-electron chi connectivity index (χ0n) is 16.7. The first-order valence-electron chi connectivity index (χ1n) is 9.80. The smallest absolute Gasteiger partial charge is 0.335 e. The van der Waals surface area contributed by atoms with Crippen molar-refractivity contribution < 1.29 is 19.8 Å². The number of nitrogens with one attached hydrogen (secondary N) is 1. The van der Waals surface area contributed by atoms with Crippen LogP contribution in [0.15, 0.2) is 36.4 Å². The SMILES string of the molecule is CC(C)CC1(c2nn[nH]n2)c2ccc(C(=O)O)cc2CCc2cc(C(=O)O)ccc21. The number of H-pyrrole nitrogens is 1. The van der Waals surface area contributed by atoms with E-state index in [0.717, 1.165) is 22.3 Å². The van der Waals surface area contributed by atoms with E-state index in [1.807, 2.05) is 12.1 Å². The molecule has 0 aliphatic heterocycles. The molecule has 1 heterocycles. The summed E-state index contributed by atoms with van der Waals surface area (Å²) in [6.07, 6.45) is 1.83. The van der Waals surface area contributed by atoms with Gasteiger partial charge >= 0.3 is 11.9 Å². The van der Waals surface area contributed by atoms with Crippen molar-refractivity contribution in [2.24, 2.45) is 5.92 Å². The van der Waals surface area contributed by atoms with Gasteiger partial charge in [0.15, 0.2) is 5.82 Å². The van der Waals surface area contributed by atoms with E-state index in [1.54, 1.807) is 24.3 Å². The number of benzene rings is 2. The second kappa shape index (κ2) is 7.37. The van der Waals surface area contributed by atoms with E-state index in [0.29, 0.717) is 25.1 Å². The van der Waals surface area contributed by atoms with Gasteiger partial charge < -0.3 is 10.2 Å². The average molecular weight is 406 g/mol. The zero-order valence-corrected chi connectivity index (χ0v) is 16.7. The number of carboxylic acid groups (broad SMARTS) is 2. The van der Waals surface area contributed by atoms with Gasteiger partial charge in [0.05, 0.1) is 16.5 Å². The summed E-state index contributed by atoms with van der Waals surface area (Å²) in [5.41, 5.74) is 3.34. The van der Waals surface area contributed by atoms with Crippen molar-refractivity contribution in [3.63, 3.8) is 0 Å². The molecule has 0 radical (unpaired) electrons. The molecule has 1 aliphatic carbocycles. The van der Waals surface area contributed by atoms with E-state index in [4.69, 9.17) is 0 Å². The van der Waals surface area contributed by atoms with Gasteiger partial charge in [-0.2, -0.15) is 5.21 Å². The third kappa shape index (κ3) is 3.14. The van der Waals surface area contributed by atoms with Gasteiger partial charge in [-0.05, 0) is 71.7 Å². The van der Waals surface area contributed by atoms with Crippen molar-refractivity contribution >= 4 is 11.9 Å². The van der Waals surface area contributed by atoms with Crippen LogP contribution in [-0.2, 0) is 18.3 Å². The van der Waals surface area contributed by atoms with Crippen molar-refractivity contribution in [2.45, 2.75) is 38.5 Å². The van der Waals surface area contributed by atoms with Gasteiger partial charge in [-0.1, -0.05) is 31.2 Å². The Morgan fingerprint density at radius 3 is 1.93 bits per heavy atom. The summed E-state index contributed by atoms with van der Waals surface area (Å²) in [5.74, 6) is -1.23. The Kier molecular flexibility index (Phi) is 4.85. The van der Waals surface area contributed by atoms with Crippen LogP contribution in [0.4, 0.5) is 0 Å². The molecule has 0 spiro atoms. The summed E-state index contributed by atoms with van der Waals surface area (Å²) in [7, 11) is 0. The fourth-order valence-corrected chi connectivity index (χ4v) is 4.62. The number of aryl methyl sites for hydroxylation is 2. The second-order valence-corrected chi connectivity index (χ2v) is 8.09. The lowest BCUT2D eigenvalue weighted by Gasteiger charge is -2.35. The molecule has 0 unspecified atom stereocenters. The van der Waals surface area contributed by atoms with E-state index in [9.17, 15) is 19.8 Å². The van der Waals surface area contributed by atoms with Crippen molar-refractivity contribution in [3.8, 4) is 0 Å². The summed E-state index contributed by atoms with van der Waals surface area (Å²) >= 11 is 0. The normalized spacial score (nSPS) is 14.6. The monoisotopic (exact) mass is 406 g/mol. The predicted molar refractivity (Wildman–Crippen MR) is 108 cm³/mol. The standard InChI is InChI=1S/C22H22N4O4/c1-12(2)11-22(21-23-25-26-24-21)17-7-5-15(19(27)28)9-13(17)3-4-14-10-16(20(29)30)6-8-18(14)22/h5-10,12H,3-4,11H2,1-2H3,(H,27,28)(H,29,30)(H,23,24,25,26). The molecule has 8 nitrogen and oxygen atoms in total. The second-order valence-electron chi connectivity index (χ2n) is 8.09. The van der Waals surface area contributed by atoms with Crippen molar-refractivity contribution in [3.05, 3.63) is 75.6 Å². The molecule has 4 rings (SSSR count). The largest absolute Gasteiger partial charge is 0.478 e. The van der Waals surface area contributed by atoms with Crippen LogP contribution in [0.25, 0.3) is 0 Å². The molecule has 1 aromatic heterocycles. The maximum Gasteiger partial charge on any atom is 0.335 e. The number of rotatable bonds is 5. The van der Waals surface area contributed by atoms with Crippen LogP contribution in [0, 0.1) is 5.92 Å². The van der Waals surface area contributed by atoms with Crippen LogP contribution in [0.3, 0.4) is 0 Å². The third-order valence-electron chi connectivity index (χ3n) is 5.73. The minimum Gasteiger partial charge on any atom is -0.478 e. The van der Waals surface area contributed by atoms with Gasteiger partial charge in [0.25, 0.3) is 0 Å². The number of hydrogen-bond donors (Lipinski definition) is 3. The number of aromatic carboxylic acids is 2. The van der Waals surface area contributed by atoms with Crippen LogP contribution in [0.2, 0.25) is 0 Å². The van der Waals surface area contributed by atoms with Crippen molar-refractivity contribution in [2.75, 3.05) is 0 Å². The van der Waals surface area contributed by atoms with E-state index >= 15 is 0 Å². The molecule has 0 saturated heterocycles. The highest BCUT2D eigenvalue weighted by Gasteiger charge is 2.45. The Labute approximate surface area is 173 Å². The van der Waals surface area contributed by atoms with Crippen LogP contribution in [0.1, 0.15) is 69.1 Å². The molecule has 1 aliphatic rings. The number of tetrazole rings is 1. The maximum absolute atomic E-state index is 11.6. The Hall–Kier alpha value is -3.55. The molecule has 0 amide bonds. The number of aromatic amines is 1. The lowest BCUT2D eigenvalue weighted by Crippen LogP contribution is -2.34. The molecular weight excluding hydrogens is 384 g/mol. The van der Waals surface area contributed by atoms with Gasteiger partial charge in [0.1, 0.15) is 0 Å². The number of nitrogens with zero attached hydrogens (tertiary/aromatic N) is 3. The Morgan fingerprint density at radius 1 is 1.00 bits per heavy atom. The first kappa shape index (κ1) is 19.8. The van der Waals surface area contributed by atoms with E-state index in [-0.39, 0.29) is 17.0 Å².